The monoisotopic (exact) mass is 192 g/mol. The van der Waals surface area contributed by atoms with Crippen LogP contribution in [-0.2, 0) is 0 Å². The molecule has 2 heteroatoms. The summed E-state index contributed by atoms with van der Waals surface area (Å²) < 4.78 is 5.60. The predicted octanol–water partition coefficient (Wildman–Crippen LogP) is 3.26. The Bertz CT molecular complexity index is 688. The second-order valence-electron chi connectivity index (χ2n) is 3.31. The summed E-state index contributed by atoms with van der Waals surface area (Å²) in [6.45, 7) is 0. The number of nitriles is 1. The Morgan fingerprint density at radius 2 is 2.00 bits per heavy atom. The molecule has 0 aliphatic rings. The Morgan fingerprint density at radius 3 is 2.87 bits per heavy atom. The molecule has 0 spiro atoms. The van der Waals surface area contributed by atoms with E-state index in [2.05, 4.69) is 12.1 Å². The summed E-state index contributed by atoms with van der Waals surface area (Å²) in [7, 11) is 0. The molecule has 0 saturated carbocycles. The minimum absolute atomic E-state index is 0.567. The molecule has 1 heterocycles. The zero-order chi connectivity index (χ0) is 10.3. The number of benzene rings is 2. The first-order valence-corrected chi connectivity index (χ1v) is 4.62. The fraction of sp³-hybridized carbons (Fsp3) is 0. The molecule has 3 rings (SSSR count). The fourth-order valence-electron chi connectivity index (χ4n) is 1.77. The van der Waals surface area contributed by atoms with E-state index in [1.165, 1.54) is 0 Å². The van der Waals surface area contributed by atoms with Crippen LogP contribution in [0.2, 0.25) is 0 Å². The maximum atomic E-state index is 8.94. The average molecular weight is 192 g/mol. The number of rotatable bonds is 0. The summed E-state index contributed by atoms with van der Waals surface area (Å²) in [4.78, 5) is 0. The number of hydrogen-bond donors (Lipinski definition) is 0. The van der Waals surface area contributed by atoms with Crippen LogP contribution >= 0.6 is 0 Å². The van der Waals surface area contributed by atoms with E-state index in [-0.39, 0.29) is 0 Å². The normalized spacial score (nSPS) is 10.6. The molecule has 0 aliphatic carbocycles. The van der Waals surface area contributed by atoms with Crippen LogP contribution in [-0.4, -0.2) is 0 Å². The van der Waals surface area contributed by atoms with Crippen LogP contribution in [0.25, 0.3) is 21.9 Å². The Morgan fingerprint density at radius 1 is 1.13 bits per heavy atom. The molecular formula is C13H6NO. The quantitative estimate of drug-likeness (QED) is 0.548. The van der Waals surface area contributed by atoms with Gasteiger partial charge in [0.05, 0.1) is 5.56 Å². The van der Waals surface area contributed by atoms with Gasteiger partial charge in [-0.1, -0.05) is 30.3 Å². The van der Waals surface area contributed by atoms with Gasteiger partial charge < -0.3 is 4.42 Å². The van der Waals surface area contributed by atoms with Gasteiger partial charge in [-0.15, -0.1) is 0 Å². The average Bonchev–Trinajstić information content (AvgIpc) is 2.67. The molecule has 2 aromatic carbocycles. The highest BCUT2D eigenvalue weighted by molar-refractivity contribution is 6.06. The van der Waals surface area contributed by atoms with Crippen molar-refractivity contribution in [3.05, 3.63) is 48.0 Å². The smallest absolute Gasteiger partial charge is 0.153 e. The summed E-state index contributed by atoms with van der Waals surface area (Å²) >= 11 is 0. The molecule has 1 radical (unpaired) electrons. The number of para-hydroxylation sites is 2. The van der Waals surface area contributed by atoms with Gasteiger partial charge in [-0.25, -0.2) is 0 Å². The van der Waals surface area contributed by atoms with Gasteiger partial charge in [-0.3, -0.25) is 0 Å². The molecule has 0 unspecified atom stereocenters. The van der Waals surface area contributed by atoms with E-state index in [0.29, 0.717) is 16.7 Å². The van der Waals surface area contributed by atoms with Gasteiger partial charge in [0.25, 0.3) is 0 Å². The number of hydrogen-bond acceptors (Lipinski definition) is 2. The topological polar surface area (TPSA) is 36.9 Å². The van der Waals surface area contributed by atoms with Gasteiger partial charge in [0.1, 0.15) is 11.7 Å². The summed E-state index contributed by atoms with van der Waals surface area (Å²) in [5.41, 5.74) is 1.92. The standard InChI is InChI=1S/C13H6NO/c14-8-9-4-3-6-11-10-5-1-2-7-12(10)15-13(9)11/h1-6H. The minimum atomic E-state index is 0.567. The highest BCUT2D eigenvalue weighted by Gasteiger charge is 2.08. The van der Waals surface area contributed by atoms with Crippen molar-refractivity contribution in [2.45, 2.75) is 0 Å². The third-order valence-electron chi connectivity index (χ3n) is 2.45. The minimum Gasteiger partial charge on any atom is -0.454 e. The van der Waals surface area contributed by atoms with E-state index in [9.17, 15) is 0 Å². The maximum Gasteiger partial charge on any atom is 0.153 e. The van der Waals surface area contributed by atoms with Gasteiger partial charge >= 0.3 is 0 Å². The molecule has 3 aromatic rings. The van der Waals surface area contributed by atoms with Crippen molar-refractivity contribution in [1.82, 2.24) is 0 Å². The summed E-state index contributed by atoms with van der Waals surface area (Å²) in [5.74, 6) is 0. The van der Waals surface area contributed by atoms with Crippen molar-refractivity contribution in [1.29, 1.82) is 5.26 Å². The second-order valence-corrected chi connectivity index (χ2v) is 3.31. The molecular weight excluding hydrogens is 186 g/mol. The highest BCUT2D eigenvalue weighted by Crippen LogP contribution is 2.29. The number of fused-ring (bicyclic) bond motifs is 3. The third kappa shape index (κ3) is 1.04. The molecule has 1 aromatic heterocycles. The Kier molecular flexibility index (Phi) is 1.54. The molecule has 0 fully saturated rings. The van der Waals surface area contributed by atoms with Crippen LogP contribution in [0.15, 0.2) is 40.8 Å². The Labute approximate surface area is 86.3 Å². The van der Waals surface area contributed by atoms with Crippen molar-refractivity contribution < 1.29 is 4.42 Å². The van der Waals surface area contributed by atoms with Gasteiger partial charge in [0, 0.05) is 16.8 Å². The van der Waals surface area contributed by atoms with E-state index in [0.717, 1.165) is 10.8 Å². The van der Waals surface area contributed by atoms with E-state index >= 15 is 0 Å². The molecule has 0 N–H and O–H groups in total. The van der Waals surface area contributed by atoms with Crippen molar-refractivity contribution in [2.75, 3.05) is 0 Å². The van der Waals surface area contributed by atoms with E-state index in [4.69, 9.17) is 9.68 Å². The van der Waals surface area contributed by atoms with Crippen LogP contribution in [0, 0.1) is 17.4 Å². The molecule has 0 bridgehead atoms. The summed E-state index contributed by atoms with van der Waals surface area (Å²) in [6, 6.07) is 16.4. The summed E-state index contributed by atoms with van der Waals surface area (Å²) in [5, 5.41) is 10.9. The molecule has 0 atom stereocenters. The van der Waals surface area contributed by atoms with Crippen molar-refractivity contribution >= 4 is 21.9 Å². The SMILES string of the molecule is N#Cc1cccc2c1oc1[c]cccc12. The molecule has 69 valence electrons. The van der Waals surface area contributed by atoms with Crippen LogP contribution < -0.4 is 0 Å². The predicted molar refractivity (Wildman–Crippen MR) is 57.3 cm³/mol. The fourth-order valence-corrected chi connectivity index (χ4v) is 1.77. The zero-order valence-corrected chi connectivity index (χ0v) is 7.82. The van der Waals surface area contributed by atoms with Gasteiger partial charge in [-0.2, -0.15) is 5.26 Å². The van der Waals surface area contributed by atoms with Crippen LogP contribution in [0.3, 0.4) is 0 Å². The van der Waals surface area contributed by atoms with Gasteiger partial charge in [0.2, 0.25) is 0 Å². The summed E-state index contributed by atoms with van der Waals surface area (Å²) in [6.07, 6.45) is 0. The Balaban J connectivity index is 2.61. The molecule has 0 saturated heterocycles. The highest BCUT2D eigenvalue weighted by atomic mass is 16.3. The second kappa shape index (κ2) is 2.86. The van der Waals surface area contributed by atoms with Crippen LogP contribution in [0.1, 0.15) is 5.56 Å². The van der Waals surface area contributed by atoms with Crippen LogP contribution in [0.5, 0.6) is 0 Å². The molecule has 2 nitrogen and oxygen atoms in total. The lowest BCUT2D eigenvalue weighted by Gasteiger charge is -1.89. The van der Waals surface area contributed by atoms with Crippen molar-refractivity contribution in [3.8, 4) is 6.07 Å². The zero-order valence-electron chi connectivity index (χ0n) is 7.82. The van der Waals surface area contributed by atoms with Gasteiger partial charge in [0.15, 0.2) is 5.58 Å². The first-order chi connectivity index (χ1) is 7.40. The maximum absolute atomic E-state index is 8.94. The van der Waals surface area contributed by atoms with Crippen LogP contribution in [0.4, 0.5) is 0 Å². The largest absolute Gasteiger partial charge is 0.454 e. The first-order valence-electron chi connectivity index (χ1n) is 4.62. The van der Waals surface area contributed by atoms with E-state index < -0.39 is 0 Å². The number of furan rings is 1. The lowest BCUT2D eigenvalue weighted by atomic mass is 10.1. The molecule has 0 aliphatic heterocycles. The van der Waals surface area contributed by atoms with Gasteiger partial charge in [-0.05, 0) is 6.07 Å². The Hall–Kier alpha value is -2.27. The first kappa shape index (κ1) is 8.07. The molecule has 0 amide bonds. The lowest BCUT2D eigenvalue weighted by Crippen LogP contribution is -1.72. The van der Waals surface area contributed by atoms with E-state index in [1.807, 2.05) is 24.3 Å². The third-order valence-corrected chi connectivity index (χ3v) is 2.45. The number of nitrogens with zero attached hydrogens (tertiary/aromatic N) is 1. The van der Waals surface area contributed by atoms with E-state index in [1.54, 1.807) is 12.1 Å². The van der Waals surface area contributed by atoms with Crippen molar-refractivity contribution in [2.24, 2.45) is 0 Å². The van der Waals surface area contributed by atoms with Crippen molar-refractivity contribution in [3.63, 3.8) is 0 Å². The lowest BCUT2D eigenvalue weighted by molar-refractivity contribution is 0.667. The molecule has 15 heavy (non-hydrogen) atoms.